The van der Waals surface area contributed by atoms with Crippen LogP contribution in [0, 0.1) is 11.7 Å². The van der Waals surface area contributed by atoms with E-state index in [1.54, 1.807) is 6.07 Å². The van der Waals surface area contributed by atoms with Crippen LogP contribution in [0.1, 0.15) is 18.1 Å². The molecule has 0 spiro atoms. The van der Waals surface area contributed by atoms with E-state index in [4.69, 9.17) is 5.11 Å². The molecule has 92 valence electrons. The second kappa shape index (κ2) is 4.84. The molecule has 0 aromatic heterocycles. The lowest BCUT2D eigenvalue weighted by Crippen LogP contribution is -2.49. The van der Waals surface area contributed by atoms with E-state index in [1.807, 2.05) is 17.9 Å². The van der Waals surface area contributed by atoms with Crippen molar-refractivity contribution < 1.29 is 14.3 Å². The Hall–Kier alpha value is -1.42. The number of aryl methyl sites for hydroxylation is 1. The Labute approximate surface area is 99.9 Å². The summed E-state index contributed by atoms with van der Waals surface area (Å²) in [6, 6.07) is 5.10. The topological polar surface area (TPSA) is 40.5 Å². The van der Waals surface area contributed by atoms with Gasteiger partial charge in [-0.1, -0.05) is 19.1 Å². The zero-order valence-corrected chi connectivity index (χ0v) is 9.82. The molecule has 1 N–H and O–H groups in total. The summed E-state index contributed by atoms with van der Waals surface area (Å²) in [7, 11) is 0. The van der Waals surface area contributed by atoms with Crippen LogP contribution in [0.25, 0.3) is 0 Å². The number of halogens is 1. The number of benzene rings is 1. The smallest absolute Gasteiger partial charge is 0.309 e. The molecule has 2 rings (SSSR count). The molecule has 0 bridgehead atoms. The molecule has 4 heteroatoms. The van der Waals surface area contributed by atoms with Crippen molar-refractivity contribution in [2.45, 2.75) is 19.9 Å². The summed E-state index contributed by atoms with van der Waals surface area (Å²) >= 11 is 0. The van der Waals surface area contributed by atoms with Crippen LogP contribution in [0.3, 0.4) is 0 Å². The van der Waals surface area contributed by atoms with Gasteiger partial charge in [0, 0.05) is 25.2 Å². The van der Waals surface area contributed by atoms with Crippen LogP contribution in [-0.4, -0.2) is 29.1 Å². The van der Waals surface area contributed by atoms with Gasteiger partial charge < -0.3 is 5.11 Å². The Morgan fingerprint density at radius 1 is 1.53 bits per heavy atom. The number of rotatable bonds is 4. The molecule has 1 fully saturated rings. The lowest BCUT2D eigenvalue weighted by Gasteiger charge is -2.37. The minimum atomic E-state index is -0.759. The van der Waals surface area contributed by atoms with Crippen LogP contribution >= 0.6 is 0 Å². The summed E-state index contributed by atoms with van der Waals surface area (Å²) in [6.45, 7) is 3.55. The van der Waals surface area contributed by atoms with Crippen molar-refractivity contribution in [1.82, 2.24) is 4.90 Å². The lowest BCUT2D eigenvalue weighted by atomic mass is 9.97. The van der Waals surface area contributed by atoms with E-state index in [0.29, 0.717) is 25.2 Å². The molecule has 1 saturated heterocycles. The van der Waals surface area contributed by atoms with Gasteiger partial charge in [0.15, 0.2) is 0 Å². The summed E-state index contributed by atoms with van der Waals surface area (Å²) in [5.41, 5.74) is 1.71. The molecular formula is C13H16FNO2. The third-order valence-electron chi connectivity index (χ3n) is 3.28. The van der Waals surface area contributed by atoms with Crippen molar-refractivity contribution in [1.29, 1.82) is 0 Å². The molecule has 0 unspecified atom stereocenters. The second-order valence-electron chi connectivity index (χ2n) is 4.46. The van der Waals surface area contributed by atoms with E-state index in [1.165, 1.54) is 6.07 Å². The highest BCUT2D eigenvalue weighted by Crippen LogP contribution is 2.22. The molecule has 1 aliphatic rings. The van der Waals surface area contributed by atoms with Crippen LogP contribution in [-0.2, 0) is 17.8 Å². The number of carbonyl (C=O) groups is 1. The van der Waals surface area contributed by atoms with Gasteiger partial charge in [-0.2, -0.15) is 0 Å². The van der Waals surface area contributed by atoms with Crippen molar-refractivity contribution >= 4 is 5.97 Å². The Morgan fingerprint density at radius 2 is 2.24 bits per heavy atom. The highest BCUT2D eigenvalue weighted by Gasteiger charge is 2.32. The van der Waals surface area contributed by atoms with Crippen molar-refractivity contribution in [3.8, 4) is 0 Å². The number of hydrogen-bond donors (Lipinski definition) is 1. The van der Waals surface area contributed by atoms with Gasteiger partial charge in [-0.15, -0.1) is 0 Å². The van der Waals surface area contributed by atoms with Gasteiger partial charge in [0.05, 0.1) is 5.92 Å². The van der Waals surface area contributed by atoms with E-state index in [9.17, 15) is 9.18 Å². The average molecular weight is 237 g/mol. The predicted molar refractivity (Wildman–Crippen MR) is 62.2 cm³/mol. The maximum absolute atomic E-state index is 13.7. The van der Waals surface area contributed by atoms with Crippen molar-refractivity contribution in [3.63, 3.8) is 0 Å². The molecule has 1 heterocycles. The highest BCUT2D eigenvalue weighted by atomic mass is 19.1. The van der Waals surface area contributed by atoms with Gasteiger partial charge >= 0.3 is 5.97 Å². The molecule has 0 amide bonds. The first-order valence-corrected chi connectivity index (χ1v) is 5.83. The van der Waals surface area contributed by atoms with E-state index in [-0.39, 0.29) is 11.7 Å². The highest BCUT2D eigenvalue weighted by molar-refractivity contribution is 5.71. The molecular weight excluding hydrogens is 221 g/mol. The Kier molecular flexibility index (Phi) is 3.43. The summed E-state index contributed by atoms with van der Waals surface area (Å²) in [5, 5.41) is 8.77. The Morgan fingerprint density at radius 3 is 2.82 bits per heavy atom. The first kappa shape index (κ1) is 12.0. The van der Waals surface area contributed by atoms with Gasteiger partial charge in [0.1, 0.15) is 5.82 Å². The summed E-state index contributed by atoms with van der Waals surface area (Å²) in [4.78, 5) is 12.6. The fraction of sp³-hybridized carbons (Fsp3) is 0.462. The van der Waals surface area contributed by atoms with Crippen LogP contribution in [0.5, 0.6) is 0 Å². The quantitative estimate of drug-likeness (QED) is 0.869. The number of hydrogen-bond acceptors (Lipinski definition) is 2. The molecule has 0 saturated carbocycles. The largest absolute Gasteiger partial charge is 0.481 e. The molecule has 17 heavy (non-hydrogen) atoms. The van der Waals surface area contributed by atoms with Gasteiger partial charge in [0.2, 0.25) is 0 Å². The Balaban J connectivity index is 2.03. The summed E-state index contributed by atoms with van der Waals surface area (Å²) < 4.78 is 13.7. The molecule has 0 atom stereocenters. The number of carboxylic acids is 1. The molecule has 0 radical (unpaired) electrons. The predicted octanol–water partition coefficient (Wildman–Crippen LogP) is 1.90. The second-order valence-corrected chi connectivity index (χ2v) is 4.46. The van der Waals surface area contributed by atoms with Crippen molar-refractivity contribution in [2.75, 3.05) is 13.1 Å². The molecule has 1 aromatic carbocycles. The van der Waals surface area contributed by atoms with Crippen LogP contribution in [0.2, 0.25) is 0 Å². The zero-order valence-electron chi connectivity index (χ0n) is 9.82. The first-order chi connectivity index (χ1) is 8.11. The molecule has 1 aliphatic heterocycles. The minimum absolute atomic E-state index is 0.192. The Bertz CT molecular complexity index is 427. The molecule has 1 aromatic rings. The van der Waals surface area contributed by atoms with E-state index >= 15 is 0 Å². The monoisotopic (exact) mass is 237 g/mol. The lowest BCUT2D eigenvalue weighted by molar-refractivity contribution is -0.147. The van der Waals surface area contributed by atoms with Crippen LogP contribution < -0.4 is 0 Å². The van der Waals surface area contributed by atoms with Crippen LogP contribution in [0.4, 0.5) is 4.39 Å². The third kappa shape index (κ3) is 2.47. The molecule has 0 aliphatic carbocycles. The first-order valence-electron chi connectivity index (χ1n) is 5.83. The maximum Gasteiger partial charge on any atom is 0.309 e. The summed E-state index contributed by atoms with van der Waals surface area (Å²) in [5.74, 6) is -1.24. The van der Waals surface area contributed by atoms with E-state index < -0.39 is 5.97 Å². The normalized spacial score (nSPS) is 16.8. The van der Waals surface area contributed by atoms with Crippen molar-refractivity contribution in [2.24, 2.45) is 5.92 Å². The number of aliphatic carboxylic acids is 1. The summed E-state index contributed by atoms with van der Waals surface area (Å²) in [6.07, 6.45) is 0.795. The third-order valence-corrected chi connectivity index (χ3v) is 3.28. The number of likely N-dealkylation sites (tertiary alicyclic amines) is 1. The van der Waals surface area contributed by atoms with E-state index in [0.717, 1.165) is 12.0 Å². The SMILES string of the molecule is CCc1cccc(F)c1CN1CC(C(=O)O)C1. The van der Waals surface area contributed by atoms with Gasteiger partial charge in [-0.05, 0) is 18.1 Å². The maximum atomic E-state index is 13.7. The minimum Gasteiger partial charge on any atom is -0.481 e. The van der Waals surface area contributed by atoms with Crippen LogP contribution in [0.15, 0.2) is 18.2 Å². The zero-order chi connectivity index (χ0) is 12.4. The number of carboxylic acid groups (broad SMARTS) is 1. The number of nitrogens with zero attached hydrogens (tertiary/aromatic N) is 1. The molecule has 3 nitrogen and oxygen atoms in total. The van der Waals surface area contributed by atoms with Crippen molar-refractivity contribution in [3.05, 3.63) is 35.1 Å². The van der Waals surface area contributed by atoms with E-state index in [2.05, 4.69) is 0 Å². The van der Waals surface area contributed by atoms with Gasteiger partial charge in [-0.3, -0.25) is 9.69 Å². The average Bonchev–Trinajstić information content (AvgIpc) is 2.23. The fourth-order valence-corrected chi connectivity index (χ4v) is 2.19. The van der Waals surface area contributed by atoms with Gasteiger partial charge in [-0.25, -0.2) is 4.39 Å². The standard InChI is InChI=1S/C13H16FNO2/c1-2-9-4-3-5-12(14)11(9)8-15-6-10(7-15)13(16)17/h3-5,10H,2,6-8H2,1H3,(H,16,17). The van der Waals surface area contributed by atoms with Gasteiger partial charge in [0.25, 0.3) is 0 Å². The fourth-order valence-electron chi connectivity index (χ4n) is 2.19.